The summed E-state index contributed by atoms with van der Waals surface area (Å²) in [4.78, 5) is 15.0. The summed E-state index contributed by atoms with van der Waals surface area (Å²) in [6.07, 6.45) is 5.81. The van der Waals surface area contributed by atoms with Gasteiger partial charge in [0, 0.05) is 30.5 Å². The molecule has 2 aliphatic heterocycles. The third-order valence-corrected chi connectivity index (χ3v) is 5.32. The lowest BCUT2D eigenvalue weighted by molar-refractivity contribution is -0.161. The van der Waals surface area contributed by atoms with Crippen LogP contribution in [0.5, 0.6) is 0 Å². The van der Waals surface area contributed by atoms with E-state index in [1.807, 2.05) is 4.90 Å². The van der Waals surface area contributed by atoms with Crippen LogP contribution in [-0.4, -0.2) is 40.3 Å². The third-order valence-electron chi connectivity index (χ3n) is 5.32. The molecule has 1 amide bonds. The van der Waals surface area contributed by atoms with Gasteiger partial charge in [0.2, 0.25) is 0 Å². The molecule has 0 radical (unpaired) electrons. The molecule has 24 heavy (non-hydrogen) atoms. The highest BCUT2D eigenvalue weighted by Gasteiger charge is 2.58. The lowest BCUT2D eigenvalue weighted by Gasteiger charge is -2.53. The number of rotatable bonds is 6. The Morgan fingerprint density at radius 1 is 1.17 bits per heavy atom. The van der Waals surface area contributed by atoms with Gasteiger partial charge in [0.05, 0.1) is 0 Å². The molecule has 0 aliphatic carbocycles. The second kappa shape index (κ2) is 6.95. The SMILES string of the molecule is CCN1C(=O)C(CCCCC(C)C)OC12CC(C)(C)NC(C)(C)C2. The van der Waals surface area contributed by atoms with Crippen LogP contribution < -0.4 is 5.32 Å². The number of unbranched alkanes of at least 4 members (excludes halogenated alkanes) is 1. The van der Waals surface area contributed by atoms with E-state index in [0.29, 0.717) is 0 Å². The Balaban J connectivity index is 2.11. The van der Waals surface area contributed by atoms with Crippen molar-refractivity contribution in [1.29, 1.82) is 0 Å². The van der Waals surface area contributed by atoms with Crippen LogP contribution in [0, 0.1) is 5.92 Å². The summed E-state index contributed by atoms with van der Waals surface area (Å²) in [5, 5.41) is 3.70. The fourth-order valence-corrected chi connectivity index (χ4v) is 4.98. The largest absolute Gasteiger partial charge is 0.342 e. The van der Waals surface area contributed by atoms with Gasteiger partial charge in [-0.15, -0.1) is 0 Å². The summed E-state index contributed by atoms with van der Waals surface area (Å²) in [5.74, 6) is 0.935. The Labute approximate surface area is 148 Å². The van der Waals surface area contributed by atoms with Crippen LogP contribution in [0.15, 0.2) is 0 Å². The molecule has 2 fully saturated rings. The number of piperidine rings is 1. The van der Waals surface area contributed by atoms with Gasteiger partial charge in [-0.3, -0.25) is 4.79 Å². The molecule has 1 N–H and O–H groups in total. The van der Waals surface area contributed by atoms with Crippen LogP contribution in [0.4, 0.5) is 0 Å². The van der Waals surface area contributed by atoms with E-state index in [1.165, 1.54) is 12.8 Å². The van der Waals surface area contributed by atoms with Crippen molar-refractivity contribution in [3.05, 3.63) is 0 Å². The Morgan fingerprint density at radius 3 is 2.25 bits per heavy atom. The zero-order valence-electron chi connectivity index (χ0n) is 16.9. The molecule has 1 spiro atoms. The Bertz CT molecular complexity index is 441. The van der Waals surface area contributed by atoms with Crippen molar-refractivity contribution in [3.8, 4) is 0 Å². The molecule has 1 atom stereocenters. The summed E-state index contributed by atoms with van der Waals surface area (Å²) >= 11 is 0. The first-order valence-corrected chi connectivity index (χ1v) is 9.79. The number of hydrogen-bond donors (Lipinski definition) is 1. The molecule has 2 aliphatic rings. The topological polar surface area (TPSA) is 41.6 Å². The maximum absolute atomic E-state index is 12.9. The minimum atomic E-state index is -0.438. The van der Waals surface area contributed by atoms with E-state index in [-0.39, 0.29) is 23.1 Å². The van der Waals surface area contributed by atoms with Gasteiger partial charge < -0.3 is 15.0 Å². The second-order valence-corrected chi connectivity index (χ2v) is 9.56. The van der Waals surface area contributed by atoms with Gasteiger partial charge in [-0.05, 0) is 47.0 Å². The number of nitrogens with one attached hydrogen (secondary N) is 1. The second-order valence-electron chi connectivity index (χ2n) is 9.56. The summed E-state index contributed by atoms with van der Waals surface area (Å²) in [7, 11) is 0. The highest BCUT2D eigenvalue weighted by molar-refractivity contribution is 5.83. The Hall–Kier alpha value is -0.610. The van der Waals surface area contributed by atoms with Gasteiger partial charge in [0.1, 0.15) is 11.8 Å². The van der Waals surface area contributed by atoms with E-state index in [2.05, 4.69) is 53.8 Å². The van der Waals surface area contributed by atoms with Gasteiger partial charge in [-0.1, -0.05) is 33.1 Å². The summed E-state index contributed by atoms with van der Waals surface area (Å²) < 4.78 is 6.52. The van der Waals surface area contributed by atoms with Crippen molar-refractivity contribution >= 4 is 5.91 Å². The molecule has 1 unspecified atom stereocenters. The fourth-order valence-electron chi connectivity index (χ4n) is 4.98. The van der Waals surface area contributed by atoms with Crippen LogP contribution in [-0.2, 0) is 9.53 Å². The van der Waals surface area contributed by atoms with E-state index in [0.717, 1.165) is 38.1 Å². The molecule has 2 rings (SSSR count). The average molecular weight is 339 g/mol. The first-order valence-electron chi connectivity index (χ1n) is 9.79. The number of carbonyl (C=O) groups is 1. The van der Waals surface area contributed by atoms with E-state index < -0.39 is 5.72 Å². The van der Waals surface area contributed by atoms with Crippen LogP contribution in [0.25, 0.3) is 0 Å². The minimum Gasteiger partial charge on any atom is -0.342 e. The summed E-state index contributed by atoms with van der Waals surface area (Å²) in [6, 6.07) is 0. The standard InChI is InChI=1S/C20H38N2O2/c1-8-22-17(23)16(12-10-9-11-15(2)3)24-20(22)13-18(4,5)21-19(6,7)14-20/h15-16,21H,8-14H2,1-7H3. The molecule has 0 aromatic heterocycles. The molecule has 2 heterocycles. The molecule has 4 heteroatoms. The maximum Gasteiger partial charge on any atom is 0.254 e. The highest BCUT2D eigenvalue weighted by Crippen LogP contribution is 2.45. The first kappa shape index (κ1) is 19.7. The fraction of sp³-hybridized carbons (Fsp3) is 0.950. The van der Waals surface area contributed by atoms with E-state index in [1.54, 1.807) is 0 Å². The smallest absolute Gasteiger partial charge is 0.254 e. The zero-order valence-corrected chi connectivity index (χ0v) is 16.9. The number of ether oxygens (including phenoxy) is 1. The van der Waals surface area contributed by atoms with Gasteiger partial charge >= 0.3 is 0 Å². The molecule has 2 saturated heterocycles. The molecule has 0 bridgehead atoms. The van der Waals surface area contributed by atoms with Gasteiger partial charge in [-0.2, -0.15) is 0 Å². The number of likely N-dealkylation sites (N-methyl/N-ethyl adjacent to an activating group) is 1. The monoisotopic (exact) mass is 338 g/mol. The quantitative estimate of drug-likeness (QED) is 0.742. The van der Waals surface area contributed by atoms with Gasteiger partial charge in [0.15, 0.2) is 0 Å². The number of amides is 1. The van der Waals surface area contributed by atoms with Crippen LogP contribution in [0.3, 0.4) is 0 Å². The van der Waals surface area contributed by atoms with Crippen molar-refractivity contribution in [2.45, 2.75) is 110 Å². The third kappa shape index (κ3) is 4.32. The van der Waals surface area contributed by atoms with Crippen molar-refractivity contribution in [1.82, 2.24) is 10.2 Å². The average Bonchev–Trinajstić information content (AvgIpc) is 2.61. The molecule has 0 saturated carbocycles. The Morgan fingerprint density at radius 2 is 1.75 bits per heavy atom. The van der Waals surface area contributed by atoms with Crippen LogP contribution in [0.2, 0.25) is 0 Å². The van der Waals surface area contributed by atoms with Gasteiger partial charge in [0.25, 0.3) is 5.91 Å². The minimum absolute atomic E-state index is 0.0397. The predicted octanol–water partition coefficient (Wildman–Crippen LogP) is 4.09. The van der Waals surface area contributed by atoms with Crippen LogP contribution >= 0.6 is 0 Å². The Kier molecular flexibility index (Phi) is 5.71. The molecule has 4 nitrogen and oxygen atoms in total. The summed E-state index contributed by atoms with van der Waals surface area (Å²) in [6.45, 7) is 16.2. The van der Waals surface area contributed by atoms with Gasteiger partial charge in [-0.25, -0.2) is 0 Å². The van der Waals surface area contributed by atoms with Crippen molar-refractivity contribution in [2.24, 2.45) is 5.92 Å². The van der Waals surface area contributed by atoms with Crippen molar-refractivity contribution < 1.29 is 9.53 Å². The normalized spacial score (nSPS) is 28.1. The molecular weight excluding hydrogens is 300 g/mol. The van der Waals surface area contributed by atoms with E-state index in [4.69, 9.17) is 4.74 Å². The number of carbonyl (C=O) groups excluding carboxylic acids is 1. The lowest BCUT2D eigenvalue weighted by Crippen LogP contribution is -2.67. The molecule has 0 aromatic carbocycles. The lowest BCUT2D eigenvalue weighted by atomic mass is 9.76. The molecule has 140 valence electrons. The maximum atomic E-state index is 12.9. The molecular formula is C20H38N2O2. The molecule has 0 aromatic rings. The van der Waals surface area contributed by atoms with Crippen molar-refractivity contribution in [2.75, 3.05) is 6.54 Å². The highest BCUT2D eigenvalue weighted by atomic mass is 16.6. The zero-order chi connectivity index (χ0) is 18.2. The summed E-state index contributed by atoms with van der Waals surface area (Å²) in [5.41, 5.74) is -0.517. The van der Waals surface area contributed by atoms with Crippen molar-refractivity contribution in [3.63, 3.8) is 0 Å². The number of nitrogens with zero attached hydrogens (tertiary/aromatic N) is 1. The van der Waals surface area contributed by atoms with Crippen LogP contribution in [0.1, 0.15) is 87.0 Å². The van der Waals surface area contributed by atoms with E-state index >= 15 is 0 Å². The number of hydrogen-bond acceptors (Lipinski definition) is 3. The first-order chi connectivity index (χ1) is 11.0. The van der Waals surface area contributed by atoms with E-state index in [9.17, 15) is 4.79 Å². The predicted molar refractivity (Wildman–Crippen MR) is 98.8 cm³/mol.